The quantitative estimate of drug-likeness (QED) is 0.673. The first-order valence-corrected chi connectivity index (χ1v) is 10.0. The summed E-state index contributed by atoms with van der Waals surface area (Å²) in [5, 5.41) is 0. The molecule has 1 saturated heterocycles. The number of aryl methyl sites for hydroxylation is 1. The number of halogens is 1. The SMILES string of the molecule is CN1CCN(c2ccc3c(c2)CCC(=O)C(c2cn4cc(F)ccc4n2)=C3)CC1. The lowest BCUT2D eigenvalue weighted by Crippen LogP contribution is -2.44. The number of benzene rings is 1. The molecule has 1 aliphatic carbocycles. The predicted molar refractivity (Wildman–Crippen MR) is 113 cm³/mol. The fourth-order valence-corrected chi connectivity index (χ4v) is 4.14. The summed E-state index contributed by atoms with van der Waals surface area (Å²) in [5.41, 5.74) is 5.30. The highest BCUT2D eigenvalue weighted by Crippen LogP contribution is 2.30. The zero-order valence-electron chi connectivity index (χ0n) is 16.4. The molecule has 3 aromatic rings. The van der Waals surface area contributed by atoms with E-state index in [-0.39, 0.29) is 11.6 Å². The van der Waals surface area contributed by atoms with E-state index in [0.717, 1.165) is 38.2 Å². The lowest BCUT2D eigenvalue weighted by Gasteiger charge is -2.34. The molecular formula is C23H23FN4O. The number of carbonyl (C=O) groups is 1. The Morgan fingerprint density at radius 3 is 2.66 bits per heavy atom. The topological polar surface area (TPSA) is 40.9 Å². The second kappa shape index (κ2) is 7.12. The number of nitrogens with zero attached hydrogens (tertiary/aromatic N) is 4. The van der Waals surface area contributed by atoms with Crippen LogP contribution in [0.3, 0.4) is 0 Å². The van der Waals surface area contributed by atoms with Crippen molar-refractivity contribution < 1.29 is 9.18 Å². The van der Waals surface area contributed by atoms with Crippen LogP contribution < -0.4 is 4.90 Å². The van der Waals surface area contributed by atoms with E-state index < -0.39 is 0 Å². The molecule has 29 heavy (non-hydrogen) atoms. The van der Waals surface area contributed by atoms with Gasteiger partial charge in [0.05, 0.1) is 5.69 Å². The number of aromatic nitrogens is 2. The van der Waals surface area contributed by atoms with Gasteiger partial charge in [-0.2, -0.15) is 0 Å². The molecule has 6 heteroatoms. The predicted octanol–water partition coefficient (Wildman–Crippen LogP) is 3.28. The zero-order chi connectivity index (χ0) is 20.0. The van der Waals surface area contributed by atoms with E-state index in [4.69, 9.17) is 0 Å². The third-order valence-corrected chi connectivity index (χ3v) is 5.91. The molecule has 0 radical (unpaired) electrons. The maximum Gasteiger partial charge on any atom is 0.165 e. The van der Waals surface area contributed by atoms with Crippen molar-refractivity contribution in [2.75, 3.05) is 38.1 Å². The Morgan fingerprint density at radius 1 is 1.00 bits per heavy atom. The maximum atomic E-state index is 13.5. The summed E-state index contributed by atoms with van der Waals surface area (Å²) in [6, 6.07) is 9.48. The largest absolute Gasteiger partial charge is 0.369 e. The van der Waals surface area contributed by atoms with E-state index in [1.54, 1.807) is 16.7 Å². The van der Waals surface area contributed by atoms with Gasteiger partial charge in [-0.25, -0.2) is 9.37 Å². The van der Waals surface area contributed by atoms with Gasteiger partial charge in [-0.05, 0) is 54.9 Å². The molecule has 5 nitrogen and oxygen atoms in total. The van der Waals surface area contributed by atoms with Gasteiger partial charge in [0, 0.05) is 56.3 Å². The molecule has 1 fully saturated rings. The van der Waals surface area contributed by atoms with Gasteiger partial charge < -0.3 is 14.2 Å². The molecule has 148 valence electrons. The van der Waals surface area contributed by atoms with Gasteiger partial charge in [-0.1, -0.05) is 6.07 Å². The molecular weight excluding hydrogens is 367 g/mol. The van der Waals surface area contributed by atoms with Gasteiger partial charge in [-0.3, -0.25) is 4.79 Å². The molecule has 0 unspecified atom stereocenters. The standard InChI is InChI=1S/C23H23FN4O/c1-26-8-10-27(11-9-26)19-5-2-17-13-20(22(29)6-3-16(17)12-19)21-15-28-14-18(24)4-7-23(28)25-21/h2,4-5,7,12-15H,3,6,8-11H2,1H3. The number of Topliss-reactive ketones (excluding diaryl/α,β-unsaturated/α-hetero) is 1. The lowest BCUT2D eigenvalue weighted by molar-refractivity contribution is -0.113. The first-order chi connectivity index (χ1) is 14.1. The number of hydrogen-bond donors (Lipinski definition) is 0. The number of carbonyl (C=O) groups excluding carboxylic acids is 1. The van der Waals surface area contributed by atoms with Gasteiger partial charge in [0.25, 0.3) is 0 Å². The molecule has 0 N–H and O–H groups in total. The molecule has 2 aromatic heterocycles. The Morgan fingerprint density at radius 2 is 1.83 bits per heavy atom. The minimum Gasteiger partial charge on any atom is -0.369 e. The van der Waals surface area contributed by atoms with Crippen molar-refractivity contribution in [3.05, 3.63) is 65.4 Å². The van der Waals surface area contributed by atoms with Crippen molar-refractivity contribution in [3.63, 3.8) is 0 Å². The summed E-state index contributed by atoms with van der Waals surface area (Å²) in [6.45, 7) is 4.17. The summed E-state index contributed by atoms with van der Waals surface area (Å²) in [5.74, 6) is -0.254. The first-order valence-electron chi connectivity index (χ1n) is 10.0. The minimum absolute atomic E-state index is 0.0752. The van der Waals surface area contributed by atoms with Gasteiger partial charge >= 0.3 is 0 Å². The summed E-state index contributed by atoms with van der Waals surface area (Å²) >= 11 is 0. The summed E-state index contributed by atoms with van der Waals surface area (Å²) in [4.78, 5) is 22.1. The van der Waals surface area contributed by atoms with Gasteiger partial charge in [-0.15, -0.1) is 0 Å². The number of anilines is 1. The van der Waals surface area contributed by atoms with Crippen LogP contribution in [0.25, 0.3) is 17.3 Å². The molecule has 5 rings (SSSR count). The maximum absolute atomic E-state index is 13.5. The van der Waals surface area contributed by atoms with Crippen LogP contribution in [-0.4, -0.2) is 53.3 Å². The van der Waals surface area contributed by atoms with Crippen molar-refractivity contribution in [1.82, 2.24) is 14.3 Å². The second-order valence-electron chi connectivity index (χ2n) is 7.89. The van der Waals surface area contributed by atoms with E-state index in [0.29, 0.717) is 23.3 Å². The van der Waals surface area contributed by atoms with Crippen LogP contribution in [0.1, 0.15) is 23.2 Å². The van der Waals surface area contributed by atoms with Crippen molar-refractivity contribution in [3.8, 4) is 0 Å². The van der Waals surface area contributed by atoms with Crippen LogP contribution in [0.2, 0.25) is 0 Å². The molecule has 3 heterocycles. The highest BCUT2D eigenvalue weighted by molar-refractivity contribution is 6.25. The lowest BCUT2D eigenvalue weighted by atomic mass is 10.0. The summed E-state index contributed by atoms with van der Waals surface area (Å²) in [6.07, 6.45) is 6.22. The van der Waals surface area contributed by atoms with Crippen molar-refractivity contribution in [2.45, 2.75) is 12.8 Å². The molecule has 0 spiro atoms. The number of likely N-dealkylation sites (N-methyl/N-ethyl adjacent to an activating group) is 1. The molecule has 2 aliphatic rings. The Kier molecular flexibility index (Phi) is 4.43. The van der Waals surface area contributed by atoms with Gasteiger partial charge in [0.15, 0.2) is 5.78 Å². The number of piperazine rings is 1. The summed E-state index contributed by atoms with van der Waals surface area (Å²) < 4.78 is 15.1. The van der Waals surface area contributed by atoms with Crippen molar-refractivity contribution in [2.24, 2.45) is 0 Å². The fraction of sp³-hybridized carbons (Fsp3) is 0.304. The first kappa shape index (κ1) is 18.1. The monoisotopic (exact) mass is 390 g/mol. The number of allylic oxidation sites excluding steroid dienone is 1. The van der Waals surface area contributed by atoms with Crippen LogP contribution in [0, 0.1) is 5.82 Å². The number of ketones is 1. The summed E-state index contributed by atoms with van der Waals surface area (Å²) in [7, 11) is 2.15. The van der Waals surface area contributed by atoms with E-state index in [1.165, 1.54) is 23.5 Å². The second-order valence-corrected chi connectivity index (χ2v) is 7.89. The van der Waals surface area contributed by atoms with Crippen molar-refractivity contribution in [1.29, 1.82) is 0 Å². The Hall–Kier alpha value is -2.99. The molecule has 0 saturated carbocycles. The third kappa shape index (κ3) is 3.44. The number of rotatable bonds is 2. The van der Waals surface area contributed by atoms with E-state index in [9.17, 15) is 9.18 Å². The molecule has 1 aliphatic heterocycles. The molecule has 0 amide bonds. The third-order valence-electron chi connectivity index (χ3n) is 5.91. The number of hydrogen-bond acceptors (Lipinski definition) is 4. The highest BCUT2D eigenvalue weighted by Gasteiger charge is 2.21. The smallest absolute Gasteiger partial charge is 0.165 e. The van der Waals surface area contributed by atoms with Crippen LogP contribution in [0.4, 0.5) is 10.1 Å². The van der Waals surface area contributed by atoms with E-state index in [1.807, 2.05) is 6.08 Å². The Balaban J connectivity index is 1.50. The van der Waals surface area contributed by atoms with Crippen LogP contribution in [0.5, 0.6) is 0 Å². The average Bonchev–Trinajstić information content (AvgIpc) is 3.06. The molecule has 0 atom stereocenters. The fourth-order valence-electron chi connectivity index (χ4n) is 4.14. The average molecular weight is 390 g/mol. The number of fused-ring (bicyclic) bond motifs is 2. The molecule has 0 bridgehead atoms. The van der Waals surface area contributed by atoms with E-state index >= 15 is 0 Å². The number of pyridine rings is 1. The zero-order valence-corrected chi connectivity index (χ0v) is 16.4. The Bertz CT molecular complexity index is 1130. The van der Waals surface area contributed by atoms with Crippen LogP contribution in [-0.2, 0) is 11.2 Å². The number of imidazole rings is 1. The minimum atomic E-state index is -0.329. The van der Waals surface area contributed by atoms with Gasteiger partial charge in [0.1, 0.15) is 11.5 Å². The van der Waals surface area contributed by atoms with E-state index in [2.05, 4.69) is 40.0 Å². The van der Waals surface area contributed by atoms with Gasteiger partial charge in [0.2, 0.25) is 0 Å². The van der Waals surface area contributed by atoms with Crippen molar-refractivity contribution >= 4 is 28.8 Å². The van der Waals surface area contributed by atoms with Crippen LogP contribution in [0.15, 0.2) is 42.7 Å². The molecule has 1 aromatic carbocycles. The van der Waals surface area contributed by atoms with Crippen LogP contribution >= 0.6 is 0 Å². The Labute approximate surface area is 169 Å². The highest BCUT2D eigenvalue weighted by atomic mass is 19.1. The normalized spacial score (nSPS) is 17.9.